The van der Waals surface area contributed by atoms with Crippen molar-refractivity contribution in [1.82, 2.24) is 0 Å². The average Bonchev–Trinajstić information content (AvgIpc) is 2.47. The van der Waals surface area contributed by atoms with Gasteiger partial charge in [0.1, 0.15) is 0 Å². The lowest BCUT2D eigenvalue weighted by molar-refractivity contribution is 0.294. The Morgan fingerprint density at radius 1 is 1.32 bits per heavy atom. The molecule has 0 aromatic rings. The van der Waals surface area contributed by atoms with Crippen LogP contribution in [0.15, 0.2) is 11.6 Å². The Hall–Kier alpha value is -0.123. The van der Waals surface area contributed by atoms with Crippen LogP contribution >= 0.6 is 0 Å². The molecule has 0 radical (unpaired) electrons. The van der Waals surface area contributed by atoms with Crippen LogP contribution < -0.4 is 5.73 Å². The van der Waals surface area contributed by atoms with E-state index in [9.17, 15) is 0 Å². The van der Waals surface area contributed by atoms with Gasteiger partial charge in [-0.1, -0.05) is 38.8 Å². The van der Waals surface area contributed by atoms with E-state index in [1.54, 1.807) is 5.57 Å². The van der Waals surface area contributed by atoms with E-state index >= 15 is 0 Å². The maximum Gasteiger partial charge on any atom is 0.191 e. The zero-order chi connectivity index (χ0) is 14.5. The Morgan fingerprint density at radius 2 is 2.00 bits per heavy atom. The molecule has 0 unspecified atom stereocenters. The zero-order valence-electron chi connectivity index (χ0n) is 13.6. The highest BCUT2D eigenvalue weighted by Crippen LogP contribution is 2.36. The van der Waals surface area contributed by atoms with Gasteiger partial charge in [-0.15, -0.1) is 0 Å². The van der Waals surface area contributed by atoms with Crippen molar-refractivity contribution >= 4 is 8.32 Å². The summed E-state index contributed by atoms with van der Waals surface area (Å²) >= 11 is 0. The van der Waals surface area contributed by atoms with Crippen LogP contribution in [0.3, 0.4) is 0 Å². The van der Waals surface area contributed by atoms with Crippen molar-refractivity contribution in [3.8, 4) is 0 Å². The van der Waals surface area contributed by atoms with Crippen LogP contribution in [-0.2, 0) is 4.43 Å². The molecule has 0 bridgehead atoms. The van der Waals surface area contributed by atoms with E-state index in [-0.39, 0.29) is 0 Å². The number of hydrogen-bond acceptors (Lipinski definition) is 2. The molecular weight excluding hydrogens is 250 g/mol. The van der Waals surface area contributed by atoms with Gasteiger partial charge in [0.25, 0.3) is 0 Å². The smallest absolute Gasteiger partial charge is 0.191 e. The van der Waals surface area contributed by atoms with Gasteiger partial charge in [-0.05, 0) is 50.2 Å². The summed E-state index contributed by atoms with van der Waals surface area (Å²) in [4.78, 5) is 0. The monoisotopic (exact) mass is 283 g/mol. The molecule has 112 valence electrons. The van der Waals surface area contributed by atoms with E-state index in [2.05, 4.69) is 39.9 Å². The number of nitrogens with two attached hydrogens (primary N) is 1. The van der Waals surface area contributed by atoms with Crippen LogP contribution in [0, 0.1) is 0 Å². The highest BCUT2D eigenvalue weighted by molar-refractivity contribution is 6.74. The fraction of sp³-hybridized carbons (Fsp3) is 0.875. The maximum atomic E-state index is 6.21. The lowest BCUT2D eigenvalue weighted by Gasteiger charge is -2.36. The van der Waals surface area contributed by atoms with E-state index in [0.717, 1.165) is 19.4 Å². The first-order valence-corrected chi connectivity index (χ1v) is 10.7. The van der Waals surface area contributed by atoms with Crippen LogP contribution in [0.5, 0.6) is 0 Å². The molecule has 0 amide bonds. The Bertz CT molecular complexity index is 304. The summed E-state index contributed by atoms with van der Waals surface area (Å²) < 4.78 is 6.21. The molecule has 1 saturated carbocycles. The molecule has 0 aromatic heterocycles. The van der Waals surface area contributed by atoms with Crippen molar-refractivity contribution in [2.24, 2.45) is 5.73 Å². The molecule has 0 spiro atoms. The van der Waals surface area contributed by atoms with E-state index in [1.807, 2.05) is 0 Å². The Morgan fingerprint density at radius 3 is 2.63 bits per heavy atom. The third kappa shape index (κ3) is 5.80. The molecule has 0 saturated heterocycles. The summed E-state index contributed by atoms with van der Waals surface area (Å²) in [6.45, 7) is 12.4. The molecule has 0 aromatic carbocycles. The second kappa shape index (κ2) is 7.05. The number of hydrogen-bond donors (Lipinski definition) is 1. The topological polar surface area (TPSA) is 35.2 Å². The van der Waals surface area contributed by atoms with Gasteiger partial charge >= 0.3 is 0 Å². The van der Waals surface area contributed by atoms with Crippen LogP contribution in [0.2, 0.25) is 18.1 Å². The predicted octanol–water partition coefficient (Wildman–Crippen LogP) is 4.62. The second-order valence-electron chi connectivity index (χ2n) is 7.47. The van der Waals surface area contributed by atoms with Gasteiger partial charge in [-0.2, -0.15) is 0 Å². The Balaban J connectivity index is 2.37. The maximum absolute atomic E-state index is 6.21. The predicted molar refractivity (Wildman–Crippen MR) is 86.9 cm³/mol. The van der Waals surface area contributed by atoms with Crippen molar-refractivity contribution in [1.29, 1.82) is 0 Å². The van der Waals surface area contributed by atoms with E-state index in [1.165, 1.54) is 25.7 Å². The van der Waals surface area contributed by atoms with Gasteiger partial charge < -0.3 is 10.2 Å². The molecule has 1 rings (SSSR count). The number of rotatable bonds is 4. The zero-order valence-corrected chi connectivity index (χ0v) is 14.6. The van der Waals surface area contributed by atoms with E-state index in [0.29, 0.717) is 11.1 Å². The second-order valence-corrected chi connectivity index (χ2v) is 12.3. The summed E-state index contributed by atoms with van der Waals surface area (Å²) in [5.41, 5.74) is 7.65. The Labute approximate surface area is 120 Å². The fourth-order valence-corrected chi connectivity index (χ4v) is 3.34. The Kier molecular flexibility index (Phi) is 6.28. The quantitative estimate of drug-likeness (QED) is 0.354. The first kappa shape index (κ1) is 16.9. The summed E-state index contributed by atoms with van der Waals surface area (Å²) in [5, 5.41) is 0.310. The molecule has 2 nitrogen and oxygen atoms in total. The summed E-state index contributed by atoms with van der Waals surface area (Å²) in [7, 11) is -1.57. The largest absolute Gasteiger partial charge is 0.417 e. The van der Waals surface area contributed by atoms with Crippen molar-refractivity contribution < 1.29 is 4.43 Å². The SMILES string of the molecule is CC(C)(C)[Si](C)(C)OCC/C=C1/CCCC[C@@H](N)C1. The van der Waals surface area contributed by atoms with E-state index in [4.69, 9.17) is 10.2 Å². The molecule has 3 heteroatoms. The molecule has 1 aliphatic carbocycles. The van der Waals surface area contributed by atoms with Gasteiger partial charge in [-0.25, -0.2) is 0 Å². The minimum atomic E-state index is -1.57. The van der Waals surface area contributed by atoms with Gasteiger partial charge in [0.2, 0.25) is 0 Å². The summed E-state index contributed by atoms with van der Waals surface area (Å²) in [5.74, 6) is 0. The normalized spacial score (nSPS) is 24.5. The standard InChI is InChI=1S/C16H33NOSi/c1-16(2,3)19(4,5)18-12-8-10-14-9-6-7-11-15(17)13-14/h10,15H,6-9,11-13,17H2,1-5H3/b14-10-/t15-/m1/s1. The highest BCUT2D eigenvalue weighted by atomic mass is 28.4. The lowest BCUT2D eigenvalue weighted by atomic mass is 10.0. The first-order valence-electron chi connectivity index (χ1n) is 7.80. The fourth-order valence-electron chi connectivity index (χ4n) is 2.28. The average molecular weight is 284 g/mol. The van der Waals surface area contributed by atoms with Gasteiger partial charge in [0.15, 0.2) is 8.32 Å². The van der Waals surface area contributed by atoms with Gasteiger partial charge in [0, 0.05) is 12.6 Å². The van der Waals surface area contributed by atoms with Crippen molar-refractivity contribution in [2.45, 2.75) is 83.5 Å². The van der Waals surface area contributed by atoms with Crippen molar-refractivity contribution in [3.63, 3.8) is 0 Å². The van der Waals surface area contributed by atoms with Crippen molar-refractivity contribution in [2.75, 3.05) is 6.61 Å². The van der Waals surface area contributed by atoms with Crippen LogP contribution in [-0.4, -0.2) is 21.0 Å². The van der Waals surface area contributed by atoms with E-state index < -0.39 is 8.32 Å². The van der Waals surface area contributed by atoms with Crippen LogP contribution in [0.1, 0.15) is 59.3 Å². The third-order valence-corrected chi connectivity index (χ3v) is 9.21. The molecule has 0 aliphatic heterocycles. The summed E-state index contributed by atoms with van der Waals surface area (Å²) in [6.07, 6.45) is 9.57. The highest BCUT2D eigenvalue weighted by Gasteiger charge is 2.36. The molecule has 1 aliphatic rings. The molecule has 1 fully saturated rings. The summed E-state index contributed by atoms with van der Waals surface area (Å²) in [6, 6.07) is 0.384. The minimum Gasteiger partial charge on any atom is -0.417 e. The van der Waals surface area contributed by atoms with Gasteiger partial charge in [-0.3, -0.25) is 0 Å². The third-order valence-electron chi connectivity index (χ3n) is 4.67. The van der Waals surface area contributed by atoms with Crippen LogP contribution in [0.25, 0.3) is 0 Å². The lowest BCUT2D eigenvalue weighted by Crippen LogP contribution is -2.40. The molecule has 1 atom stereocenters. The van der Waals surface area contributed by atoms with Crippen molar-refractivity contribution in [3.05, 3.63) is 11.6 Å². The molecule has 0 heterocycles. The molecule has 19 heavy (non-hydrogen) atoms. The minimum absolute atomic E-state index is 0.310. The molecular formula is C16H33NOSi. The first-order chi connectivity index (χ1) is 8.72. The van der Waals surface area contributed by atoms with Gasteiger partial charge in [0.05, 0.1) is 0 Å². The molecule has 2 N–H and O–H groups in total. The van der Waals surface area contributed by atoms with Crippen LogP contribution in [0.4, 0.5) is 0 Å².